The van der Waals surface area contributed by atoms with Crippen LogP contribution < -0.4 is 5.32 Å². The summed E-state index contributed by atoms with van der Waals surface area (Å²) in [5.41, 5.74) is 0.430. The highest BCUT2D eigenvalue weighted by atomic mass is 16.4. The highest BCUT2D eigenvalue weighted by Gasteiger charge is 2.32. The molecule has 0 saturated heterocycles. The van der Waals surface area contributed by atoms with Crippen LogP contribution in [0.3, 0.4) is 0 Å². The molecule has 4 nitrogen and oxygen atoms in total. The molecule has 0 bridgehead atoms. The van der Waals surface area contributed by atoms with Gasteiger partial charge in [-0.25, -0.2) is 0 Å². The summed E-state index contributed by atoms with van der Waals surface area (Å²) in [6.07, 6.45) is 8.48. The van der Waals surface area contributed by atoms with Gasteiger partial charge in [0.15, 0.2) is 0 Å². The smallest absolute Gasteiger partial charge is 0.219 e. The van der Waals surface area contributed by atoms with Gasteiger partial charge in [-0.3, -0.25) is 0 Å². The normalized spacial score (nSPS) is 27.0. The molecule has 0 spiro atoms. The lowest BCUT2D eigenvalue weighted by Gasteiger charge is -2.36. The molecule has 2 aliphatic carbocycles. The van der Waals surface area contributed by atoms with Crippen LogP contribution in [0.15, 0.2) is 4.42 Å². The summed E-state index contributed by atoms with van der Waals surface area (Å²) < 4.78 is 5.88. The molecule has 0 radical (unpaired) electrons. The van der Waals surface area contributed by atoms with Crippen LogP contribution in [-0.4, -0.2) is 22.8 Å². The molecule has 118 valence electrons. The number of rotatable bonds is 5. The van der Waals surface area contributed by atoms with Crippen LogP contribution in [0.25, 0.3) is 0 Å². The van der Waals surface area contributed by atoms with Crippen LogP contribution in [0.5, 0.6) is 0 Å². The number of nitrogens with zero attached hydrogens (tertiary/aromatic N) is 2. The molecule has 0 aliphatic heterocycles. The Bertz CT molecular complexity index is 451. The van der Waals surface area contributed by atoms with E-state index in [-0.39, 0.29) is 0 Å². The quantitative estimate of drug-likeness (QED) is 0.899. The molecule has 0 amide bonds. The highest BCUT2D eigenvalue weighted by molar-refractivity contribution is 4.96. The summed E-state index contributed by atoms with van der Waals surface area (Å²) in [5.74, 6) is 3.00. The minimum absolute atomic E-state index is 0.430. The van der Waals surface area contributed by atoms with E-state index in [1.807, 2.05) is 0 Å². The van der Waals surface area contributed by atoms with E-state index in [1.165, 1.54) is 38.5 Å². The number of hydrogen-bond acceptors (Lipinski definition) is 4. The van der Waals surface area contributed by atoms with Gasteiger partial charge in [-0.05, 0) is 49.9 Å². The first-order valence-corrected chi connectivity index (χ1v) is 8.58. The van der Waals surface area contributed by atoms with Gasteiger partial charge in [0.2, 0.25) is 11.8 Å². The van der Waals surface area contributed by atoms with Gasteiger partial charge >= 0.3 is 0 Å². The second kappa shape index (κ2) is 6.07. The van der Waals surface area contributed by atoms with Gasteiger partial charge in [0.1, 0.15) is 0 Å². The Morgan fingerprint density at radius 1 is 1.05 bits per heavy atom. The Kier molecular flexibility index (Phi) is 4.34. The average molecular weight is 291 g/mol. The predicted octanol–water partition coefficient (Wildman–Crippen LogP) is 3.68. The molecule has 2 fully saturated rings. The van der Waals surface area contributed by atoms with Crippen molar-refractivity contribution in [3.8, 4) is 0 Å². The van der Waals surface area contributed by atoms with E-state index in [1.54, 1.807) is 0 Å². The van der Waals surface area contributed by atoms with Crippen molar-refractivity contribution in [3.05, 3.63) is 11.8 Å². The predicted molar refractivity (Wildman–Crippen MR) is 83.2 cm³/mol. The summed E-state index contributed by atoms with van der Waals surface area (Å²) in [7, 11) is 0. The van der Waals surface area contributed by atoms with Crippen molar-refractivity contribution >= 4 is 0 Å². The molecular weight excluding hydrogens is 262 g/mol. The van der Waals surface area contributed by atoms with Crippen LogP contribution in [0.1, 0.15) is 77.0 Å². The fraction of sp³-hybridized carbons (Fsp3) is 0.882. The number of hydrogen-bond donors (Lipinski definition) is 1. The lowest BCUT2D eigenvalue weighted by molar-refractivity contribution is 0.161. The third-order valence-corrected chi connectivity index (χ3v) is 5.13. The molecule has 0 aromatic carbocycles. The van der Waals surface area contributed by atoms with Crippen LogP contribution >= 0.6 is 0 Å². The van der Waals surface area contributed by atoms with Crippen molar-refractivity contribution in [1.82, 2.24) is 15.5 Å². The van der Waals surface area contributed by atoms with Crippen LogP contribution in [-0.2, 0) is 6.42 Å². The zero-order chi connectivity index (χ0) is 14.9. The first-order valence-electron chi connectivity index (χ1n) is 8.58. The Labute approximate surface area is 128 Å². The lowest BCUT2D eigenvalue weighted by Crippen LogP contribution is -2.25. The number of aromatic nitrogens is 2. The minimum atomic E-state index is 0.430. The Balaban J connectivity index is 1.47. The summed E-state index contributed by atoms with van der Waals surface area (Å²) in [6.45, 7) is 8.03. The van der Waals surface area contributed by atoms with E-state index in [9.17, 15) is 0 Å². The average Bonchev–Trinajstić information content (AvgIpc) is 3.14. The highest BCUT2D eigenvalue weighted by Crippen LogP contribution is 2.42. The van der Waals surface area contributed by atoms with E-state index in [0.717, 1.165) is 36.7 Å². The summed E-state index contributed by atoms with van der Waals surface area (Å²) >= 11 is 0. The molecular formula is C17H29N3O. The molecule has 0 atom stereocenters. The minimum Gasteiger partial charge on any atom is -0.425 e. The van der Waals surface area contributed by atoms with Crippen molar-refractivity contribution < 1.29 is 4.42 Å². The Hall–Kier alpha value is -0.900. The molecule has 4 heteroatoms. The van der Waals surface area contributed by atoms with E-state index < -0.39 is 0 Å². The van der Waals surface area contributed by atoms with E-state index in [4.69, 9.17) is 4.42 Å². The Morgan fingerprint density at radius 2 is 1.76 bits per heavy atom. The molecule has 1 N–H and O–H groups in total. The van der Waals surface area contributed by atoms with Crippen molar-refractivity contribution in [2.75, 3.05) is 6.54 Å². The third kappa shape index (κ3) is 4.06. The third-order valence-electron chi connectivity index (χ3n) is 5.13. The summed E-state index contributed by atoms with van der Waals surface area (Å²) in [5, 5.41) is 12.0. The molecule has 2 aliphatic rings. The fourth-order valence-corrected chi connectivity index (χ4v) is 3.41. The molecule has 2 saturated carbocycles. The van der Waals surface area contributed by atoms with Gasteiger partial charge < -0.3 is 9.73 Å². The van der Waals surface area contributed by atoms with E-state index >= 15 is 0 Å². The molecule has 1 heterocycles. The van der Waals surface area contributed by atoms with E-state index in [2.05, 4.69) is 36.3 Å². The zero-order valence-electron chi connectivity index (χ0n) is 13.7. The topological polar surface area (TPSA) is 51.0 Å². The maximum absolute atomic E-state index is 5.88. The molecule has 1 aromatic rings. The van der Waals surface area contributed by atoms with Gasteiger partial charge in [-0.15, -0.1) is 10.2 Å². The number of nitrogens with one attached hydrogen (secondary N) is 1. The monoisotopic (exact) mass is 291 g/mol. The summed E-state index contributed by atoms with van der Waals surface area (Å²) in [4.78, 5) is 0. The largest absolute Gasteiger partial charge is 0.425 e. The lowest BCUT2D eigenvalue weighted by atomic mass is 9.70. The van der Waals surface area contributed by atoms with Gasteiger partial charge in [0.25, 0.3) is 0 Å². The van der Waals surface area contributed by atoms with E-state index in [0.29, 0.717) is 11.3 Å². The maximum atomic E-state index is 5.88. The van der Waals surface area contributed by atoms with Crippen LogP contribution in [0.2, 0.25) is 0 Å². The SMILES string of the molecule is CC(C)(C)C1CCC(c2nnc(CCNC3CC3)o2)CC1. The fourth-order valence-electron chi connectivity index (χ4n) is 3.41. The van der Waals surface area contributed by atoms with Crippen LogP contribution in [0, 0.1) is 11.3 Å². The molecule has 21 heavy (non-hydrogen) atoms. The Morgan fingerprint density at radius 3 is 2.38 bits per heavy atom. The molecule has 0 unspecified atom stereocenters. The van der Waals surface area contributed by atoms with Crippen LogP contribution in [0.4, 0.5) is 0 Å². The maximum Gasteiger partial charge on any atom is 0.219 e. The molecule has 3 rings (SSSR count). The second-order valence-electron chi connectivity index (χ2n) is 7.93. The zero-order valence-corrected chi connectivity index (χ0v) is 13.7. The van der Waals surface area contributed by atoms with Gasteiger partial charge in [-0.2, -0.15) is 0 Å². The molecule has 1 aromatic heterocycles. The van der Waals surface area contributed by atoms with Gasteiger partial charge in [0, 0.05) is 24.9 Å². The second-order valence-corrected chi connectivity index (χ2v) is 7.93. The van der Waals surface area contributed by atoms with Gasteiger partial charge in [0.05, 0.1) is 0 Å². The standard InChI is InChI=1S/C17H29N3O/c1-17(2,3)13-6-4-12(5-7-13)16-20-19-15(21-16)10-11-18-14-8-9-14/h12-14,18H,4-11H2,1-3H3. The van der Waals surface area contributed by atoms with Crippen molar-refractivity contribution in [1.29, 1.82) is 0 Å². The summed E-state index contributed by atoms with van der Waals surface area (Å²) in [6, 6.07) is 0.750. The van der Waals surface area contributed by atoms with Crippen molar-refractivity contribution in [2.24, 2.45) is 11.3 Å². The van der Waals surface area contributed by atoms with Crippen molar-refractivity contribution in [3.63, 3.8) is 0 Å². The first-order chi connectivity index (χ1) is 10.0. The van der Waals surface area contributed by atoms with Gasteiger partial charge in [-0.1, -0.05) is 20.8 Å². The first kappa shape index (κ1) is 15.0. The van der Waals surface area contributed by atoms with Crippen molar-refractivity contribution in [2.45, 2.75) is 77.7 Å².